The molecule has 0 saturated carbocycles. The molecule has 0 aliphatic carbocycles. The molecule has 0 spiro atoms. The number of aromatic nitrogens is 3. The Morgan fingerprint density at radius 2 is 1.10 bits per heavy atom. The first-order valence-corrected chi connectivity index (χ1v) is 13.5. The second-order valence-electron chi connectivity index (χ2n) is 11.2. The molecule has 7 heteroatoms. The van der Waals surface area contributed by atoms with E-state index in [-0.39, 0.29) is 0 Å². The van der Waals surface area contributed by atoms with Crippen molar-refractivity contribution in [2.24, 2.45) is 0 Å². The standard InChI is InChI=1S/C33H28BN3O3/c1-32(2)33(3,4)40-34(39-32)25-16-11-17-26-28(25)24-19-18-23(20-27(24)38-26)31-36-29(21-12-7-5-8-13-21)35-30(37-31)22-14-9-6-10-15-22/h5-20H,1-4H3. The number of hydrogen-bond donors (Lipinski definition) is 0. The largest absolute Gasteiger partial charge is 0.495 e. The van der Waals surface area contributed by atoms with Gasteiger partial charge in [-0.15, -0.1) is 0 Å². The molecule has 1 saturated heterocycles. The average Bonchev–Trinajstić information content (AvgIpc) is 3.45. The lowest BCUT2D eigenvalue weighted by atomic mass is 9.76. The fraction of sp³-hybridized carbons (Fsp3) is 0.182. The van der Waals surface area contributed by atoms with Gasteiger partial charge in [0.1, 0.15) is 11.2 Å². The minimum absolute atomic E-state index is 0.432. The van der Waals surface area contributed by atoms with E-state index in [0.717, 1.165) is 44.1 Å². The quantitative estimate of drug-likeness (QED) is 0.229. The van der Waals surface area contributed by atoms with E-state index in [2.05, 4.69) is 39.8 Å². The maximum absolute atomic E-state index is 6.39. The molecule has 0 N–H and O–H groups in total. The summed E-state index contributed by atoms with van der Waals surface area (Å²) in [6.45, 7) is 8.26. The zero-order chi connectivity index (χ0) is 27.5. The Morgan fingerprint density at radius 1 is 0.550 bits per heavy atom. The number of benzene rings is 4. The third kappa shape index (κ3) is 4.10. The summed E-state index contributed by atoms with van der Waals surface area (Å²) < 4.78 is 19.1. The summed E-state index contributed by atoms with van der Waals surface area (Å²) >= 11 is 0. The van der Waals surface area contributed by atoms with Crippen molar-refractivity contribution in [1.29, 1.82) is 0 Å². The second kappa shape index (κ2) is 9.12. The van der Waals surface area contributed by atoms with E-state index < -0.39 is 18.3 Å². The maximum Gasteiger partial charge on any atom is 0.495 e. The van der Waals surface area contributed by atoms with E-state index in [0.29, 0.717) is 17.5 Å². The SMILES string of the molecule is CC1(C)OB(c2cccc3oc4cc(-c5nc(-c6ccccc6)nc(-c6ccccc6)n5)ccc4c23)OC1(C)C. The molecule has 4 aromatic carbocycles. The number of hydrogen-bond acceptors (Lipinski definition) is 6. The van der Waals surface area contributed by atoms with Crippen LogP contribution in [0.3, 0.4) is 0 Å². The summed E-state index contributed by atoms with van der Waals surface area (Å²) in [6.07, 6.45) is 0. The Morgan fingerprint density at radius 3 is 1.68 bits per heavy atom. The first-order valence-electron chi connectivity index (χ1n) is 13.5. The van der Waals surface area contributed by atoms with Crippen LogP contribution in [0.2, 0.25) is 0 Å². The molecule has 6 nitrogen and oxygen atoms in total. The van der Waals surface area contributed by atoms with Crippen molar-refractivity contribution in [3.05, 3.63) is 97.1 Å². The minimum atomic E-state index is -0.487. The lowest BCUT2D eigenvalue weighted by Crippen LogP contribution is -2.41. The molecule has 0 unspecified atom stereocenters. The van der Waals surface area contributed by atoms with Gasteiger partial charge in [0.25, 0.3) is 0 Å². The molecule has 0 atom stereocenters. The number of furan rings is 1. The highest BCUT2D eigenvalue weighted by molar-refractivity contribution is 6.66. The topological polar surface area (TPSA) is 70.3 Å². The van der Waals surface area contributed by atoms with Gasteiger partial charge in [-0.3, -0.25) is 0 Å². The maximum atomic E-state index is 6.39. The van der Waals surface area contributed by atoms with Crippen LogP contribution in [-0.4, -0.2) is 33.3 Å². The van der Waals surface area contributed by atoms with E-state index in [1.54, 1.807) is 0 Å². The summed E-state index contributed by atoms with van der Waals surface area (Å²) in [4.78, 5) is 14.5. The van der Waals surface area contributed by atoms with Crippen molar-refractivity contribution in [3.8, 4) is 34.2 Å². The smallest absolute Gasteiger partial charge is 0.456 e. The third-order valence-electron chi connectivity index (χ3n) is 7.99. The molecule has 1 aliphatic rings. The summed E-state index contributed by atoms with van der Waals surface area (Å²) in [5.74, 6) is 1.83. The molecular formula is C33H28BN3O3. The molecule has 0 amide bonds. The van der Waals surface area contributed by atoms with Crippen LogP contribution in [0.25, 0.3) is 56.1 Å². The van der Waals surface area contributed by atoms with Crippen molar-refractivity contribution in [3.63, 3.8) is 0 Å². The van der Waals surface area contributed by atoms with Gasteiger partial charge >= 0.3 is 7.12 Å². The van der Waals surface area contributed by atoms with Gasteiger partial charge in [-0.25, -0.2) is 15.0 Å². The van der Waals surface area contributed by atoms with Crippen LogP contribution in [0.1, 0.15) is 27.7 Å². The Balaban J connectivity index is 1.36. The molecule has 40 heavy (non-hydrogen) atoms. The number of rotatable bonds is 4. The van der Waals surface area contributed by atoms with Crippen molar-refractivity contribution in [2.75, 3.05) is 0 Å². The van der Waals surface area contributed by atoms with Gasteiger partial charge in [0.2, 0.25) is 0 Å². The molecule has 0 radical (unpaired) electrons. The van der Waals surface area contributed by atoms with Crippen LogP contribution in [0, 0.1) is 0 Å². The predicted molar refractivity (Wildman–Crippen MR) is 159 cm³/mol. The Kier molecular flexibility index (Phi) is 5.63. The monoisotopic (exact) mass is 525 g/mol. The zero-order valence-electron chi connectivity index (χ0n) is 22.9. The van der Waals surface area contributed by atoms with E-state index in [9.17, 15) is 0 Å². The van der Waals surface area contributed by atoms with Crippen LogP contribution in [-0.2, 0) is 9.31 Å². The van der Waals surface area contributed by atoms with Crippen molar-refractivity contribution < 1.29 is 13.7 Å². The van der Waals surface area contributed by atoms with Gasteiger partial charge in [0.05, 0.1) is 11.2 Å². The Hall–Kier alpha value is -4.33. The van der Waals surface area contributed by atoms with Crippen LogP contribution in [0.4, 0.5) is 0 Å². The average molecular weight is 525 g/mol. The highest BCUT2D eigenvalue weighted by Crippen LogP contribution is 2.38. The number of nitrogens with zero attached hydrogens (tertiary/aromatic N) is 3. The van der Waals surface area contributed by atoms with E-state index >= 15 is 0 Å². The van der Waals surface area contributed by atoms with Gasteiger partial charge in [-0.1, -0.05) is 78.9 Å². The van der Waals surface area contributed by atoms with Crippen LogP contribution in [0.5, 0.6) is 0 Å². The van der Waals surface area contributed by atoms with Gasteiger partial charge in [0, 0.05) is 27.5 Å². The second-order valence-corrected chi connectivity index (χ2v) is 11.2. The van der Waals surface area contributed by atoms with Gasteiger partial charge < -0.3 is 13.7 Å². The molecule has 0 bridgehead atoms. The van der Waals surface area contributed by atoms with E-state index in [4.69, 9.17) is 28.7 Å². The fourth-order valence-corrected chi connectivity index (χ4v) is 5.10. The van der Waals surface area contributed by atoms with Crippen LogP contribution in [0.15, 0.2) is 101 Å². The first-order chi connectivity index (χ1) is 19.3. The fourth-order valence-electron chi connectivity index (χ4n) is 5.10. The van der Waals surface area contributed by atoms with Gasteiger partial charge in [-0.05, 0) is 51.4 Å². The lowest BCUT2D eigenvalue weighted by Gasteiger charge is -2.32. The summed E-state index contributed by atoms with van der Waals surface area (Å²) in [5.41, 5.74) is 4.34. The van der Waals surface area contributed by atoms with Crippen molar-refractivity contribution in [2.45, 2.75) is 38.9 Å². The van der Waals surface area contributed by atoms with Crippen LogP contribution >= 0.6 is 0 Å². The molecule has 7 rings (SSSR count). The third-order valence-corrected chi connectivity index (χ3v) is 7.99. The summed E-state index contributed by atoms with van der Waals surface area (Å²) in [7, 11) is -0.487. The van der Waals surface area contributed by atoms with Gasteiger partial charge in [-0.2, -0.15) is 0 Å². The van der Waals surface area contributed by atoms with Crippen LogP contribution < -0.4 is 5.46 Å². The number of fused-ring (bicyclic) bond motifs is 3. The molecule has 196 valence electrons. The highest BCUT2D eigenvalue weighted by atomic mass is 16.7. The normalized spacial score (nSPS) is 16.1. The predicted octanol–water partition coefficient (Wildman–Crippen LogP) is 7.07. The minimum Gasteiger partial charge on any atom is -0.456 e. The lowest BCUT2D eigenvalue weighted by molar-refractivity contribution is 0.00578. The summed E-state index contributed by atoms with van der Waals surface area (Å²) in [6, 6.07) is 32.1. The van der Waals surface area contributed by atoms with Gasteiger partial charge in [0.15, 0.2) is 17.5 Å². The summed E-state index contributed by atoms with van der Waals surface area (Å²) in [5, 5.41) is 1.98. The Labute approximate surface area is 233 Å². The van der Waals surface area contributed by atoms with Crippen molar-refractivity contribution in [1.82, 2.24) is 15.0 Å². The zero-order valence-corrected chi connectivity index (χ0v) is 22.9. The van der Waals surface area contributed by atoms with Crippen molar-refractivity contribution >= 4 is 34.5 Å². The highest BCUT2D eigenvalue weighted by Gasteiger charge is 2.52. The molecule has 3 heterocycles. The molecule has 1 fully saturated rings. The van der Waals surface area contributed by atoms with E-state index in [1.165, 1.54) is 0 Å². The van der Waals surface area contributed by atoms with E-state index in [1.807, 2.05) is 84.9 Å². The molecule has 6 aromatic rings. The molecule has 2 aromatic heterocycles. The molecular weight excluding hydrogens is 497 g/mol. The first kappa shape index (κ1) is 24.7. The molecule has 1 aliphatic heterocycles. The Bertz CT molecular complexity index is 1790.